The van der Waals surface area contributed by atoms with Crippen molar-refractivity contribution in [2.45, 2.75) is 26.7 Å². The smallest absolute Gasteiger partial charge is 0.119 e. The highest BCUT2D eigenvalue weighted by Gasteiger charge is 2.38. The Morgan fingerprint density at radius 2 is 1.00 bits per heavy atom. The molecule has 0 spiro atoms. The molecule has 2 heterocycles. The molecule has 28 heavy (non-hydrogen) atoms. The fraction of sp³-hybridized carbons (Fsp3) is 0.500. The Bertz CT molecular complexity index is 680. The van der Waals surface area contributed by atoms with Crippen molar-refractivity contribution in [3.63, 3.8) is 0 Å². The highest BCUT2D eigenvalue weighted by atomic mass is 16.5. The van der Waals surface area contributed by atoms with E-state index in [9.17, 15) is 0 Å². The molecule has 2 aliphatic rings. The minimum absolute atomic E-state index is 0.205. The van der Waals surface area contributed by atoms with E-state index in [0.717, 1.165) is 64.0 Å². The molecule has 0 radical (unpaired) electrons. The molecule has 2 aromatic carbocycles. The predicted octanol–water partition coefficient (Wildman–Crippen LogP) is 4.96. The van der Waals surface area contributed by atoms with Gasteiger partial charge >= 0.3 is 0 Å². The first-order valence-corrected chi connectivity index (χ1v) is 10.3. The van der Waals surface area contributed by atoms with Crippen LogP contribution < -0.4 is 9.47 Å². The lowest BCUT2D eigenvalue weighted by molar-refractivity contribution is -0.133. The lowest BCUT2D eigenvalue weighted by atomic mass is 9.84. The topological polar surface area (TPSA) is 36.9 Å². The van der Waals surface area contributed by atoms with Gasteiger partial charge in [-0.25, -0.2) is 0 Å². The molecule has 0 aliphatic carbocycles. The standard InChI is InChI=1S/C24H30O4/c1-3-23(13-25-14-23)17-27-21-9-5-19(6-10-21)20-7-11-22(12-8-20)28-18-24(4-2)15-26-16-24/h5-12H,3-4,13-18H2,1-2H3. The van der Waals surface area contributed by atoms with Gasteiger partial charge < -0.3 is 18.9 Å². The number of benzene rings is 2. The predicted molar refractivity (Wildman–Crippen MR) is 110 cm³/mol. The highest BCUT2D eigenvalue weighted by molar-refractivity contribution is 5.64. The largest absolute Gasteiger partial charge is 0.493 e. The Balaban J connectivity index is 1.32. The first-order valence-electron chi connectivity index (χ1n) is 10.3. The maximum absolute atomic E-state index is 5.99. The second kappa shape index (κ2) is 8.14. The molecule has 4 nitrogen and oxygen atoms in total. The Kier molecular flexibility index (Phi) is 5.61. The second-order valence-corrected chi connectivity index (χ2v) is 8.32. The van der Waals surface area contributed by atoms with Gasteiger partial charge in [-0.3, -0.25) is 0 Å². The molecule has 4 heteroatoms. The van der Waals surface area contributed by atoms with E-state index in [1.54, 1.807) is 0 Å². The number of hydrogen-bond acceptors (Lipinski definition) is 4. The Morgan fingerprint density at radius 1 is 0.643 bits per heavy atom. The van der Waals surface area contributed by atoms with Crippen molar-refractivity contribution in [2.75, 3.05) is 39.6 Å². The highest BCUT2D eigenvalue weighted by Crippen LogP contribution is 2.33. The van der Waals surface area contributed by atoms with Crippen LogP contribution in [-0.4, -0.2) is 39.6 Å². The maximum Gasteiger partial charge on any atom is 0.119 e. The average Bonchev–Trinajstić information content (AvgIpc) is 2.68. The zero-order valence-electron chi connectivity index (χ0n) is 16.9. The van der Waals surface area contributed by atoms with E-state index in [0.29, 0.717) is 0 Å². The molecule has 150 valence electrons. The summed E-state index contributed by atoms with van der Waals surface area (Å²) in [7, 11) is 0. The van der Waals surface area contributed by atoms with Crippen LogP contribution in [-0.2, 0) is 9.47 Å². The summed E-state index contributed by atoms with van der Waals surface area (Å²) >= 11 is 0. The van der Waals surface area contributed by atoms with Gasteiger partial charge in [0.15, 0.2) is 0 Å². The lowest BCUT2D eigenvalue weighted by Crippen LogP contribution is -2.46. The molecule has 2 aromatic rings. The Morgan fingerprint density at radius 3 is 1.25 bits per heavy atom. The summed E-state index contributed by atoms with van der Waals surface area (Å²) in [6.45, 7) is 9.07. The Hall–Kier alpha value is -2.04. The number of rotatable bonds is 9. The molecule has 0 unspecified atom stereocenters. The van der Waals surface area contributed by atoms with Crippen molar-refractivity contribution >= 4 is 0 Å². The third kappa shape index (κ3) is 4.03. The molecule has 0 N–H and O–H groups in total. The van der Waals surface area contributed by atoms with E-state index in [1.165, 1.54) is 11.1 Å². The summed E-state index contributed by atoms with van der Waals surface area (Å²) in [4.78, 5) is 0. The van der Waals surface area contributed by atoms with Crippen molar-refractivity contribution in [2.24, 2.45) is 10.8 Å². The van der Waals surface area contributed by atoms with Crippen LogP contribution in [0.25, 0.3) is 11.1 Å². The van der Waals surface area contributed by atoms with Gasteiger partial charge in [-0.15, -0.1) is 0 Å². The number of hydrogen-bond donors (Lipinski definition) is 0. The first-order chi connectivity index (χ1) is 13.7. The second-order valence-electron chi connectivity index (χ2n) is 8.32. The van der Waals surface area contributed by atoms with Crippen LogP contribution >= 0.6 is 0 Å². The van der Waals surface area contributed by atoms with Crippen molar-refractivity contribution in [1.29, 1.82) is 0 Å². The van der Waals surface area contributed by atoms with Gasteiger partial charge in [-0.05, 0) is 48.2 Å². The quantitative estimate of drug-likeness (QED) is 0.614. The fourth-order valence-corrected chi connectivity index (χ4v) is 3.52. The summed E-state index contributed by atoms with van der Waals surface area (Å²) in [5, 5.41) is 0. The third-order valence-corrected chi connectivity index (χ3v) is 6.27. The van der Waals surface area contributed by atoms with Crippen LogP contribution in [0.3, 0.4) is 0 Å². The zero-order valence-corrected chi connectivity index (χ0v) is 16.9. The number of ether oxygens (including phenoxy) is 4. The average molecular weight is 383 g/mol. The first kappa shape index (κ1) is 19.3. The van der Waals surface area contributed by atoms with Gasteiger partial charge in [-0.2, -0.15) is 0 Å². The van der Waals surface area contributed by atoms with E-state index < -0.39 is 0 Å². The summed E-state index contributed by atoms with van der Waals surface area (Å²) in [6, 6.07) is 16.6. The third-order valence-electron chi connectivity index (χ3n) is 6.27. The van der Waals surface area contributed by atoms with E-state index in [4.69, 9.17) is 18.9 Å². The summed E-state index contributed by atoms with van der Waals surface area (Å²) in [5.74, 6) is 1.83. The molecule has 0 aromatic heterocycles. The zero-order chi connectivity index (χ0) is 19.5. The minimum Gasteiger partial charge on any atom is -0.493 e. The molecule has 0 amide bonds. The van der Waals surface area contributed by atoms with E-state index in [-0.39, 0.29) is 10.8 Å². The van der Waals surface area contributed by atoms with Crippen molar-refractivity contribution in [1.82, 2.24) is 0 Å². The molecule has 2 aliphatic heterocycles. The lowest BCUT2D eigenvalue weighted by Gasteiger charge is -2.40. The van der Waals surface area contributed by atoms with Gasteiger partial charge in [0.2, 0.25) is 0 Å². The summed E-state index contributed by atoms with van der Waals surface area (Å²) in [5.41, 5.74) is 2.76. The van der Waals surface area contributed by atoms with Crippen molar-refractivity contribution in [3.8, 4) is 22.6 Å². The van der Waals surface area contributed by atoms with Crippen LogP contribution in [0.15, 0.2) is 48.5 Å². The molecule has 0 saturated carbocycles. The molecule has 2 saturated heterocycles. The van der Waals surface area contributed by atoms with E-state index in [2.05, 4.69) is 38.1 Å². The molecule has 2 fully saturated rings. The van der Waals surface area contributed by atoms with Gasteiger partial charge in [-0.1, -0.05) is 38.1 Å². The molecular weight excluding hydrogens is 352 g/mol. The summed E-state index contributed by atoms with van der Waals surface area (Å²) in [6.07, 6.45) is 2.18. The molecule has 0 atom stereocenters. The van der Waals surface area contributed by atoms with Gasteiger partial charge in [0, 0.05) is 0 Å². The van der Waals surface area contributed by atoms with Crippen LogP contribution in [0.5, 0.6) is 11.5 Å². The molecule has 0 bridgehead atoms. The van der Waals surface area contributed by atoms with Gasteiger partial charge in [0.25, 0.3) is 0 Å². The molecular formula is C24H30O4. The van der Waals surface area contributed by atoms with Gasteiger partial charge in [0.05, 0.1) is 50.5 Å². The van der Waals surface area contributed by atoms with Crippen LogP contribution in [0.4, 0.5) is 0 Å². The van der Waals surface area contributed by atoms with E-state index >= 15 is 0 Å². The van der Waals surface area contributed by atoms with Crippen LogP contribution in [0, 0.1) is 10.8 Å². The Labute approximate surface area is 167 Å². The normalized spacial score (nSPS) is 19.4. The maximum atomic E-state index is 5.99. The fourth-order valence-electron chi connectivity index (χ4n) is 3.52. The van der Waals surface area contributed by atoms with Crippen LogP contribution in [0.2, 0.25) is 0 Å². The monoisotopic (exact) mass is 382 g/mol. The molecule has 4 rings (SSSR count). The minimum atomic E-state index is 0.205. The van der Waals surface area contributed by atoms with Crippen molar-refractivity contribution < 1.29 is 18.9 Å². The van der Waals surface area contributed by atoms with Crippen LogP contribution in [0.1, 0.15) is 26.7 Å². The van der Waals surface area contributed by atoms with Gasteiger partial charge in [0.1, 0.15) is 11.5 Å². The summed E-state index contributed by atoms with van der Waals surface area (Å²) < 4.78 is 22.7. The SMILES string of the molecule is CCC1(COc2ccc(-c3ccc(OCC4(CC)COC4)cc3)cc2)COC1. The van der Waals surface area contributed by atoms with Crippen molar-refractivity contribution in [3.05, 3.63) is 48.5 Å². The van der Waals surface area contributed by atoms with E-state index in [1.807, 2.05) is 24.3 Å².